The highest BCUT2D eigenvalue weighted by Gasteiger charge is 2.40. The van der Waals surface area contributed by atoms with Crippen LogP contribution in [0.4, 0.5) is 0 Å². The van der Waals surface area contributed by atoms with Gasteiger partial charge in [0.15, 0.2) is 0 Å². The standard InChI is InChI=1S/C14H18BrN/c1-10(2)14(9-16,11(3)4)12-7-5-6-8-13(12)15/h5-8,10-11H,1-4H3. The fourth-order valence-corrected chi connectivity index (χ4v) is 3.02. The minimum atomic E-state index is -0.417. The highest BCUT2D eigenvalue weighted by atomic mass is 79.9. The van der Waals surface area contributed by atoms with E-state index in [2.05, 4.69) is 49.7 Å². The molecule has 2 heteroatoms. The van der Waals surface area contributed by atoms with Gasteiger partial charge in [0.1, 0.15) is 0 Å². The number of rotatable bonds is 3. The van der Waals surface area contributed by atoms with Gasteiger partial charge in [-0.15, -0.1) is 0 Å². The molecule has 0 aliphatic rings. The molecule has 0 amide bonds. The summed E-state index contributed by atoms with van der Waals surface area (Å²) in [7, 11) is 0. The highest BCUT2D eigenvalue weighted by molar-refractivity contribution is 9.10. The number of benzene rings is 1. The van der Waals surface area contributed by atoms with Crippen LogP contribution in [0.2, 0.25) is 0 Å². The molecule has 0 bridgehead atoms. The van der Waals surface area contributed by atoms with Gasteiger partial charge in [0.2, 0.25) is 0 Å². The first kappa shape index (κ1) is 13.3. The molecule has 86 valence electrons. The van der Waals surface area contributed by atoms with Crippen LogP contribution in [-0.4, -0.2) is 0 Å². The van der Waals surface area contributed by atoms with E-state index in [0.29, 0.717) is 0 Å². The molecule has 0 unspecified atom stereocenters. The number of nitriles is 1. The molecule has 16 heavy (non-hydrogen) atoms. The third-order valence-corrected chi connectivity index (χ3v) is 4.02. The average molecular weight is 280 g/mol. The number of halogens is 1. The lowest BCUT2D eigenvalue weighted by atomic mass is 9.65. The van der Waals surface area contributed by atoms with Crippen molar-refractivity contribution in [2.45, 2.75) is 33.1 Å². The van der Waals surface area contributed by atoms with Crippen LogP contribution in [0.25, 0.3) is 0 Å². The van der Waals surface area contributed by atoms with Crippen LogP contribution >= 0.6 is 15.9 Å². The van der Waals surface area contributed by atoms with Gasteiger partial charge < -0.3 is 0 Å². The number of hydrogen-bond donors (Lipinski definition) is 0. The second-order valence-electron chi connectivity index (χ2n) is 4.77. The van der Waals surface area contributed by atoms with E-state index in [0.717, 1.165) is 10.0 Å². The molecule has 0 atom stereocenters. The molecule has 1 nitrogen and oxygen atoms in total. The summed E-state index contributed by atoms with van der Waals surface area (Å²) in [6.07, 6.45) is 0. The highest BCUT2D eigenvalue weighted by Crippen LogP contribution is 2.41. The Morgan fingerprint density at radius 1 is 1.12 bits per heavy atom. The maximum absolute atomic E-state index is 9.62. The van der Waals surface area contributed by atoms with E-state index in [1.54, 1.807) is 0 Å². The van der Waals surface area contributed by atoms with Crippen LogP contribution in [0.1, 0.15) is 33.3 Å². The van der Waals surface area contributed by atoms with Gasteiger partial charge in [0.25, 0.3) is 0 Å². The fourth-order valence-electron chi connectivity index (χ4n) is 2.40. The Kier molecular flexibility index (Phi) is 4.15. The Balaban J connectivity index is 3.45. The summed E-state index contributed by atoms with van der Waals surface area (Å²) in [6.45, 7) is 8.46. The summed E-state index contributed by atoms with van der Waals surface area (Å²) >= 11 is 3.56. The van der Waals surface area contributed by atoms with Gasteiger partial charge in [-0.3, -0.25) is 0 Å². The van der Waals surface area contributed by atoms with Crippen molar-refractivity contribution in [3.8, 4) is 6.07 Å². The van der Waals surface area contributed by atoms with Crippen molar-refractivity contribution >= 4 is 15.9 Å². The molecule has 1 aromatic rings. The third-order valence-electron chi connectivity index (χ3n) is 3.33. The van der Waals surface area contributed by atoms with Crippen molar-refractivity contribution in [1.29, 1.82) is 5.26 Å². The lowest BCUT2D eigenvalue weighted by Crippen LogP contribution is -2.36. The van der Waals surface area contributed by atoms with Crippen molar-refractivity contribution in [2.24, 2.45) is 11.8 Å². The van der Waals surface area contributed by atoms with Gasteiger partial charge in [0.05, 0.1) is 11.5 Å². The molecule has 0 saturated heterocycles. The molecule has 0 heterocycles. The van der Waals surface area contributed by atoms with Crippen LogP contribution in [0.3, 0.4) is 0 Å². The number of nitrogens with zero attached hydrogens (tertiary/aromatic N) is 1. The van der Waals surface area contributed by atoms with Crippen molar-refractivity contribution in [3.05, 3.63) is 34.3 Å². The quantitative estimate of drug-likeness (QED) is 0.798. The monoisotopic (exact) mass is 279 g/mol. The lowest BCUT2D eigenvalue weighted by molar-refractivity contribution is 0.294. The molecule has 0 radical (unpaired) electrons. The van der Waals surface area contributed by atoms with Gasteiger partial charge in [-0.1, -0.05) is 61.8 Å². The molecule has 0 aromatic heterocycles. The molecule has 0 saturated carbocycles. The second kappa shape index (κ2) is 5.01. The van der Waals surface area contributed by atoms with E-state index in [1.165, 1.54) is 0 Å². The Bertz CT molecular complexity index is 393. The number of hydrogen-bond acceptors (Lipinski definition) is 1. The molecular formula is C14H18BrN. The first-order valence-electron chi connectivity index (χ1n) is 5.63. The van der Waals surface area contributed by atoms with Crippen LogP contribution < -0.4 is 0 Å². The van der Waals surface area contributed by atoms with Gasteiger partial charge in [-0.05, 0) is 23.5 Å². The van der Waals surface area contributed by atoms with Gasteiger partial charge in [0, 0.05) is 4.47 Å². The molecular weight excluding hydrogens is 262 g/mol. The Labute approximate surface area is 107 Å². The van der Waals surface area contributed by atoms with Gasteiger partial charge in [-0.25, -0.2) is 0 Å². The SMILES string of the molecule is CC(C)C(C#N)(c1ccccc1Br)C(C)C. The Hall–Kier alpha value is -0.810. The molecule has 0 aliphatic carbocycles. The second-order valence-corrected chi connectivity index (χ2v) is 5.62. The molecule has 0 N–H and O–H groups in total. The van der Waals surface area contributed by atoms with Crippen molar-refractivity contribution in [3.63, 3.8) is 0 Å². The van der Waals surface area contributed by atoms with Crippen LogP contribution in [0.15, 0.2) is 28.7 Å². The van der Waals surface area contributed by atoms with E-state index in [-0.39, 0.29) is 11.8 Å². The largest absolute Gasteiger partial charge is 0.197 e. The predicted octanol–water partition coefficient (Wildman–Crippen LogP) is 4.52. The van der Waals surface area contributed by atoms with E-state index in [4.69, 9.17) is 0 Å². The molecule has 1 rings (SSSR count). The van der Waals surface area contributed by atoms with Crippen molar-refractivity contribution in [2.75, 3.05) is 0 Å². The maximum Gasteiger partial charge on any atom is 0.0878 e. The van der Waals surface area contributed by atoms with Gasteiger partial charge >= 0.3 is 0 Å². The van der Waals surface area contributed by atoms with Crippen molar-refractivity contribution < 1.29 is 0 Å². The summed E-state index contributed by atoms with van der Waals surface area (Å²) in [5.74, 6) is 0.576. The van der Waals surface area contributed by atoms with Crippen molar-refractivity contribution in [1.82, 2.24) is 0 Å². The molecule has 0 aliphatic heterocycles. The summed E-state index contributed by atoms with van der Waals surface area (Å²) < 4.78 is 1.03. The maximum atomic E-state index is 9.62. The summed E-state index contributed by atoms with van der Waals surface area (Å²) in [4.78, 5) is 0. The normalized spacial score (nSPS) is 11.9. The first-order valence-corrected chi connectivity index (χ1v) is 6.42. The Morgan fingerprint density at radius 3 is 2.00 bits per heavy atom. The zero-order valence-corrected chi connectivity index (χ0v) is 11.9. The average Bonchev–Trinajstić information content (AvgIpc) is 2.21. The smallest absolute Gasteiger partial charge is 0.0878 e. The molecule has 1 aromatic carbocycles. The first-order chi connectivity index (χ1) is 7.46. The summed E-state index contributed by atoms with van der Waals surface area (Å²) in [6, 6.07) is 10.6. The minimum absolute atomic E-state index is 0.288. The minimum Gasteiger partial charge on any atom is -0.197 e. The molecule has 0 spiro atoms. The third kappa shape index (κ3) is 2.01. The van der Waals surface area contributed by atoms with Crippen LogP contribution in [0, 0.1) is 23.2 Å². The lowest BCUT2D eigenvalue weighted by Gasteiger charge is -2.36. The fraction of sp³-hybridized carbons (Fsp3) is 0.500. The summed E-state index contributed by atoms with van der Waals surface area (Å²) in [5, 5.41) is 9.62. The topological polar surface area (TPSA) is 23.8 Å². The summed E-state index contributed by atoms with van der Waals surface area (Å²) in [5.41, 5.74) is 0.683. The van der Waals surface area contributed by atoms with E-state index in [1.807, 2.05) is 24.3 Å². The van der Waals surface area contributed by atoms with E-state index >= 15 is 0 Å². The predicted molar refractivity (Wildman–Crippen MR) is 71.1 cm³/mol. The van der Waals surface area contributed by atoms with E-state index in [9.17, 15) is 5.26 Å². The molecule has 0 fully saturated rings. The van der Waals surface area contributed by atoms with Gasteiger partial charge in [-0.2, -0.15) is 5.26 Å². The van der Waals surface area contributed by atoms with Crippen LogP contribution in [-0.2, 0) is 5.41 Å². The zero-order chi connectivity index (χ0) is 12.3. The van der Waals surface area contributed by atoms with Crippen LogP contribution in [0.5, 0.6) is 0 Å². The Morgan fingerprint density at radius 2 is 1.62 bits per heavy atom. The van der Waals surface area contributed by atoms with E-state index < -0.39 is 5.41 Å². The zero-order valence-electron chi connectivity index (χ0n) is 10.3.